The fourth-order valence-electron chi connectivity index (χ4n) is 5.46. The van der Waals surface area contributed by atoms with Crippen LogP contribution in [0.15, 0.2) is 75.7 Å². The zero-order valence-corrected chi connectivity index (χ0v) is 30.1. The Morgan fingerprint density at radius 3 is 2.46 bits per heavy atom. The number of hydrogen-bond donors (Lipinski definition) is 0. The second-order valence-corrected chi connectivity index (χ2v) is 12.5. The molecule has 0 aliphatic carbocycles. The molecule has 1 aromatic heterocycles. The third-order valence-electron chi connectivity index (χ3n) is 7.69. The quantitative estimate of drug-likeness (QED) is 0.169. The second-order valence-electron chi connectivity index (χ2n) is 11.1. The molecule has 0 fully saturated rings. The van der Waals surface area contributed by atoms with Crippen molar-refractivity contribution in [3.63, 3.8) is 0 Å². The van der Waals surface area contributed by atoms with Crippen molar-refractivity contribution in [3.05, 3.63) is 113 Å². The first kappa shape index (κ1) is 36.2. The van der Waals surface area contributed by atoms with E-state index in [1.54, 1.807) is 57.2 Å². The van der Waals surface area contributed by atoms with E-state index in [2.05, 4.69) is 9.73 Å². The van der Waals surface area contributed by atoms with Gasteiger partial charge in [-0.15, -0.1) is 0 Å². The third kappa shape index (κ3) is 7.87. The Balaban J connectivity index is 1.58. The fourth-order valence-corrected chi connectivity index (χ4v) is 6.78. The van der Waals surface area contributed by atoms with Gasteiger partial charge in [0, 0.05) is 0 Å². The first-order chi connectivity index (χ1) is 24.1. The Bertz CT molecular complexity index is 2140. The van der Waals surface area contributed by atoms with Gasteiger partial charge in [0.25, 0.3) is 5.56 Å². The Morgan fingerprint density at radius 2 is 1.76 bits per heavy atom. The Kier molecular flexibility index (Phi) is 11.7. The van der Waals surface area contributed by atoms with Gasteiger partial charge in [-0.25, -0.2) is 14.6 Å². The van der Waals surface area contributed by atoms with Crippen LogP contribution in [-0.2, 0) is 25.7 Å². The lowest BCUT2D eigenvalue weighted by molar-refractivity contribution is -0.143. The molecule has 0 spiro atoms. The summed E-state index contributed by atoms with van der Waals surface area (Å²) in [4.78, 5) is 44.4. The molecule has 262 valence electrons. The minimum Gasteiger partial charge on any atom is -0.493 e. The molecule has 1 aliphatic heterocycles. The Labute approximate surface area is 297 Å². The summed E-state index contributed by atoms with van der Waals surface area (Å²) in [5.74, 6) is 0.239. The van der Waals surface area contributed by atoms with Crippen molar-refractivity contribution in [1.29, 1.82) is 0 Å². The number of hydrogen-bond acceptors (Lipinski definition) is 11. The third-order valence-corrected chi connectivity index (χ3v) is 8.95. The van der Waals surface area contributed by atoms with E-state index in [1.807, 2.05) is 31.2 Å². The van der Waals surface area contributed by atoms with E-state index in [4.69, 9.17) is 35.3 Å². The number of thiazole rings is 1. The molecule has 1 aliphatic rings. The number of benzene rings is 3. The summed E-state index contributed by atoms with van der Waals surface area (Å²) in [6.45, 7) is 7.61. The number of carbonyl (C=O) groups excluding carboxylic acids is 2. The lowest BCUT2D eigenvalue weighted by Crippen LogP contribution is -2.40. The average Bonchev–Trinajstić information content (AvgIpc) is 3.39. The lowest BCUT2D eigenvalue weighted by atomic mass is 9.95. The number of esters is 2. The average molecular weight is 721 g/mol. The normalized spacial score (nSPS) is 14.1. The summed E-state index contributed by atoms with van der Waals surface area (Å²) in [5, 5.41) is 0.312. The van der Waals surface area contributed by atoms with Gasteiger partial charge in [0.15, 0.2) is 34.4 Å². The highest BCUT2D eigenvalue weighted by Crippen LogP contribution is 2.38. The van der Waals surface area contributed by atoms with Crippen molar-refractivity contribution in [1.82, 2.24) is 4.57 Å². The van der Waals surface area contributed by atoms with E-state index >= 15 is 0 Å². The predicted molar refractivity (Wildman–Crippen MR) is 189 cm³/mol. The Morgan fingerprint density at radius 1 is 0.960 bits per heavy atom. The van der Waals surface area contributed by atoms with Crippen molar-refractivity contribution in [2.45, 2.75) is 40.3 Å². The number of aromatic nitrogens is 1. The number of halogens is 1. The van der Waals surface area contributed by atoms with Crippen LogP contribution in [-0.4, -0.2) is 50.5 Å². The van der Waals surface area contributed by atoms with E-state index < -0.39 is 18.0 Å². The molecule has 3 aromatic carbocycles. The summed E-state index contributed by atoms with van der Waals surface area (Å²) in [5.41, 5.74) is 3.47. The first-order valence-corrected chi connectivity index (χ1v) is 17.0. The molecule has 0 radical (unpaired) electrons. The van der Waals surface area contributed by atoms with E-state index in [9.17, 15) is 14.4 Å². The van der Waals surface area contributed by atoms with Gasteiger partial charge >= 0.3 is 11.9 Å². The number of rotatable bonds is 13. The number of allylic oxidation sites excluding steroid dienone is 1. The summed E-state index contributed by atoms with van der Waals surface area (Å²) in [6, 6.07) is 15.5. The molecule has 50 heavy (non-hydrogen) atoms. The second kappa shape index (κ2) is 16.1. The molecule has 0 saturated carbocycles. The topological polar surface area (TPSA) is 124 Å². The van der Waals surface area contributed by atoms with Crippen molar-refractivity contribution in [3.8, 4) is 23.0 Å². The fraction of sp³-hybridized carbons (Fsp3) is 0.297. The molecule has 4 aromatic rings. The zero-order valence-electron chi connectivity index (χ0n) is 28.5. The zero-order chi connectivity index (χ0) is 35.9. The summed E-state index contributed by atoms with van der Waals surface area (Å²) >= 11 is 7.87. The molecule has 0 bridgehead atoms. The molecule has 0 N–H and O–H groups in total. The van der Waals surface area contributed by atoms with Gasteiger partial charge in [0.1, 0.15) is 6.61 Å². The van der Waals surface area contributed by atoms with Crippen LogP contribution in [0.4, 0.5) is 0 Å². The predicted octanol–water partition coefficient (Wildman–Crippen LogP) is 5.30. The van der Waals surface area contributed by atoms with Crippen LogP contribution in [0.3, 0.4) is 0 Å². The van der Waals surface area contributed by atoms with Gasteiger partial charge in [-0.1, -0.05) is 58.8 Å². The van der Waals surface area contributed by atoms with Gasteiger partial charge in [-0.3, -0.25) is 9.36 Å². The van der Waals surface area contributed by atoms with Crippen LogP contribution < -0.4 is 33.8 Å². The highest BCUT2D eigenvalue weighted by molar-refractivity contribution is 7.07. The van der Waals surface area contributed by atoms with Gasteiger partial charge < -0.3 is 28.4 Å². The number of carbonyl (C=O) groups is 2. The molecular formula is C37H37ClN2O9S. The maximum absolute atomic E-state index is 14.2. The number of ether oxygens (including phenoxy) is 6. The summed E-state index contributed by atoms with van der Waals surface area (Å²) < 4.78 is 35.1. The molecule has 1 atom stereocenters. The van der Waals surface area contributed by atoms with Gasteiger partial charge in [-0.2, -0.15) is 0 Å². The highest BCUT2D eigenvalue weighted by atomic mass is 35.5. The molecule has 0 saturated heterocycles. The number of fused-ring (bicyclic) bond motifs is 1. The van der Waals surface area contributed by atoms with E-state index in [-0.39, 0.29) is 24.3 Å². The molecule has 0 amide bonds. The molecule has 5 rings (SSSR count). The molecule has 11 nitrogen and oxygen atoms in total. The standard InChI is InChI=1S/C37H37ClN2O9S/c1-7-46-28-18-25(12-13-27(28)48-20-31(41)45-6)33-32(36(43)47-8-2)22(4)39-37-40(33)35(42)30(50-37)17-24-15-26(38)34(29(16-24)44-5)49-19-23-11-9-10-21(3)14-23/h9-18,33H,7-8,19-20H2,1-6H3/b30-17-/t33-/m1/s1. The largest absolute Gasteiger partial charge is 0.493 e. The van der Waals surface area contributed by atoms with Crippen molar-refractivity contribution in [2.24, 2.45) is 4.99 Å². The Hall–Kier alpha value is -5.07. The van der Waals surface area contributed by atoms with E-state index in [0.29, 0.717) is 67.4 Å². The van der Waals surface area contributed by atoms with Gasteiger partial charge in [0.2, 0.25) is 0 Å². The number of aryl methyl sites for hydroxylation is 1. The smallest absolute Gasteiger partial charge is 0.343 e. The molecule has 0 unspecified atom stereocenters. The van der Waals surface area contributed by atoms with Gasteiger partial charge in [-0.05, 0) is 74.7 Å². The lowest BCUT2D eigenvalue weighted by Gasteiger charge is -2.25. The van der Waals surface area contributed by atoms with Crippen LogP contribution in [0.25, 0.3) is 6.08 Å². The van der Waals surface area contributed by atoms with E-state index in [1.165, 1.54) is 30.1 Å². The van der Waals surface area contributed by atoms with Crippen LogP contribution in [0.1, 0.15) is 49.1 Å². The van der Waals surface area contributed by atoms with Crippen LogP contribution in [0.2, 0.25) is 5.02 Å². The maximum Gasteiger partial charge on any atom is 0.343 e. The first-order valence-electron chi connectivity index (χ1n) is 15.8. The summed E-state index contributed by atoms with van der Waals surface area (Å²) in [7, 11) is 2.78. The van der Waals surface area contributed by atoms with Crippen molar-refractivity contribution in [2.75, 3.05) is 34.0 Å². The molecule has 13 heteroatoms. The van der Waals surface area contributed by atoms with Crippen LogP contribution in [0.5, 0.6) is 23.0 Å². The maximum atomic E-state index is 14.2. The minimum absolute atomic E-state index is 0.130. The number of methoxy groups -OCH3 is 2. The molecule has 2 heterocycles. The van der Waals surface area contributed by atoms with Crippen LogP contribution >= 0.6 is 22.9 Å². The minimum atomic E-state index is -0.906. The van der Waals surface area contributed by atoms with Gasteiger partial charge in [0.05, 0.1) is 54.3 Å². The highest BCUT2D eigenvalue weighted by Gasteiger charge is 2.34. The summed E-state index contributed by atoms with van der Waals surface area (Å²) in [6.07, 6.45) is 1.69. The molecular weight excluding hydrogens is 684 g/mol. The van der Waals surface area contributed by atoms with Crippen molar-refractivity contribution >= 4 is 41.0 Å². The SMILES string of the molecule is CCOC(=O)C1=C(C)N=c2s/c(=C\c3cc(Cl)c(OCc4cccc(C)c4)c(OC)c3)c(=O)n2[C@@H]1c1ccc(OCC(=O)OC)c(OCC)c1. The van der Waals surface area contributed by atoms with Crippen molar-refractivity contribution < 1.29 is 38.0 Å². The van der Waals surface area contributed by atoms with E-state index in [0.717, 1.165) is 11.1 Å². The monoisotopic (exact) mass is 720 g/mol. The number of nitrogens with zero attached hydrogens (tertiary/aromatic N) is 2. The van der Waals surface area contributed by atoms with Crippen LogP contribution in [0, 0.1) is 6.92 Å².